The van der Waals surface area contributed by atoms with Crippen LogP contribution in [0.4, 0.5) is 5.69 Å². The number of nitrogens with one attached hydrogen (secondary N) is 1. The minimum Gasteiger partial charge on any atom is -0.365 e. The number of nitrogens with zero attached hydrogens (tertiary/aromatic N) is 2. The molecule has 0 spiro atoms. The van der Waals surface area contributed by atoms with Crippen LogP contribution in [0, 0.1) is 0 Å². The van der Waals surface area contributed by atoms with Crippen molar-refractivity contribution >= 4 is 47.4 Å². The number of ether oxygens (including phenoxy) is 1. The van der Waals surface area contributed by atoms with E-state index in [1.807, 2.05) is 66.7 Å². The third-order valence-corrected chi connectivity index (χ3v) is 4.92. The van der Waals surface area contributed by atoms with Gasteiger partial charge in [-0.2, -0.15) is 5.10 Å². The Labute approximate surface area is 203 Å². The fourth-order valence-corrected chi connectivity index (χ4v) is 3.11. The molecule has 3 aromatic rings. The molecule has 0 heterocycles. The highest BCUT2D eigenvalue weighted by Gasteiger charge is 2.12. The molecule has 8 heteroatoms. The van der Waals surface area contributed by atoms with Crippen molar-refractivity contribution in [1.29, 1.82) is 0 Å². The number of carbonyl (C=O) groups excluding carboxylic acids is 2. The molecule has 0 atom stereocenters. The maximum atomic E-state index is 12.0. The van der Waals surface area contributed by atoms with Gasteiger partial charge in [0.1, 0.15) is 6.73 Å². The number of methoxy groups -OCH3 is 1. The van der Waals surface area contributed by atoms with E-state index in [0.717, 1.165) is 16.7 Å². The lowest BCUT2D eigenvalue weighted by molar-refractivity contribution is -0.116. The van der Waals surface area contributed by atoms with E-state index >= 15 is 0 Å². The van der Waals surface area contributed by atoms with E-state index in [1.165, 1.54) is 19.0 Å². The lowest BCUT2D eigenvalue weighted by Gasteiger charge is -2.16. The van der Waals surface area contributed by atoms with Crippen LogP contribution in [0.25, 0.3) is 0 Å². The maximum absolute atomic E-state index is 12.0. The summed E-state index contributed by atoms with van der Waals surface area (Å²) in [4.78, 5) is 21.4. The Kier molecular flexibility index (Phi) is 11.1. The first-order valence-corrected chi connectivity index (χ1v) is 10.8. The normalized spacial score (nSPS) is 10.3. The molecule has 0 aliphatic carbocycles. The number of hydrazone groups is 1. The Morgan fingerprint density at radius 2 is 1.76 bits per heavy atom. The van der Waals surface area contributed by atoms with Crippen LogP contribution >= 0.6 is 23.2 Å². The van der Waals surface area contributed by atoms with Gasteiger partial charge in [0.25, 0.3) is 0 Å². The van der Waals surface area contributed by atoms with Crippen molar-refractivity contribution in [2.45, 2.75) is 13.3 Å². The molecule has 0 aliphatic rings. The molecule has 0 saturated heterocycles. The van der Waals surface area contributed by atoms with Crippen LogP contribution in [0.3, 0.4) is 0 Å². The summed E-state index contributed by atoms with van der Waals surface area (Å²) in [6.45, 7) is 1.77. The number of carbonyl (C=O) groups is 2. The van der Waals surface area contributed by atoms with Crippen molar-refractivity contribution in [2.75, 3.05) is 18.8 Å². The van der Waals surface area contributed by atoms with E-state index in [9.17, 15) is 9.59 Å². The maximum Gasteiger partial charge on any atom is 0.244 e. The zero-order valence-electron chi connectivity index (χ0n) is 18.4. The van der Waals surface area contributed by atoms with Crippen LogP contribution in [0.15, 0.2) is 77.9 Å². The molecule has 3 rings (SSSR count). The van der Waals surface area contributed by atoms with Gasteiger partial charge in [0.15, 0.2) is 0 Å². The van der Waals surface area contributed by atoms with E-state index in [0.29, 0.717) is 35.3 Å². The van der Waals surface area contributed by atoms with E-state index in [2.05, 4.69) is 15.2 Å². The van der Waals surface area contributed by atoms with Crippen LogP contribution in [0.2, 0.25) is 10.0 Å². The lowest BCUT2D eigenvalue weighted by atomic mass is 10.0. The summed E-state index contributed by atoms with van der Waals surface area (Å²) < 4.78 is 4.44. The molecule has 0 unspecified atom stereocenters. The van der Waals surface area contributed by atoms with Gasteiger partial charge < -0.3 is 10.1 Å². The highest BCUT2D eigenvalue weighted by molar-refractivity contribution is 6.31. The summed E-state index contributed by atoms with van der Waals surface area (Å²) >= 11 is 12.4. The first kappa shape index (κ1) is 26.1. The summed E-state index contributed by atoms with van der Waals surface area (Å²) in [5.74, 6) is -0.191. The molecular weight excluding hydrogens is 461 g/mol. The summed E-state index contributed by atoms with van der Waals surface area (Å²) in [5.41, 5.74) is 3.62. The van der Waals surface area contributed by atoms with Gasteiger partial charge >= 0.3 is 0 Å². The monoisotopic (exact) mass is 485 g/mol. The Balaban J connectivity index is 0.000000569. The second kappa shape index (κ2) is 14.1. The predicted octanol–water partition coefficient (Wildman–Crippen LogP) is 5.31. The SMILES string of the molecule is CC(=O)N(/N=C/c1ccccc1)c1ccc(Cc2ccc(Cl)cc2)c(Cl)c1.COCNC=O. The largest absolute Gasteiger partial charge is 0.365 e. The summed E-state index contributed by atoms with van der Waals surface area (Å²) in [5, 5.41) is 9.24. The van der Waals surface area contributed by atoms with Gasteiger partial charge in [-0.25, -0.2) is 5.01 Å². The van der Waals surface area contributed by atoms with Gasteiger partial charge in [0.2, 0.25) is 12.3 Å². The Morgan fingerprint density at radius 1 is 1.06 bits per heavy atom. The predicted molar refractivity (Wildman–Crippen MR) is 134 cm³/mol. The molecule has 0 radical (unpaired) electrons. The smallest absolute Gasteiger partial charge is 0.244 e. The minimum absolute atomic E-state index is 0.191. The van der Waals surface area contributed by atoms with Crippen molar-refractivity contribution in [1.82, 2.24) is 5.32 Å². The van der Waals surface area contributed by atoms with Gasteiger partial charge in [0, 0.05) is 24.1 Å². The highest BCUT2D eigenvalue weighted by Crippen LogP contribution is 2.26. The second-order valence-electron chi connectivity index (χ2n) is 6.82. The highest BCUT2D eigenvalue weighted by atomic mass is 35.5. The third kappa shape index (κ3) is 9.06. The van der Waals surface area contributed by atoms with Crippen LogP contribution < -0.4 is 10.3 Å². The molecule has 0 fully saturated rings. The van der Waals surface area contributed by atoms with Crippen LogP contribution in [-0.2, 0) is 20.7 Å². The number of anilines is 1. The van der Waals surface area contributed by atoms with E-state index in [-0.39, 0.29) is 5.91 Å². The number of halogens is 2. The molecular formula is C25H25Cl2N3O3. The molecule has 0 aliphatic heterocycles. The van der Waals surface area contributed by atoms with Crippen LogP contribution in [0.5, 0.6) is 0 Å². The first-order valence-electron chi connectivity index (χ1n) is 10.0. The Morgan fingerprint density at radius 3 is 2.30 bits per heavy atom. The van der Waals surface area contributed by atoms with E-state index < -0.39 is 0 Å². The van der Waals surface area contributed by atoms with Gasteiger partial charge in [0.05, 0.1) is 11.9 Å². The van der Waals surface area contributed by atoms with Crippen LogP contribution in [0.1, 0.15) is 23.6 Å². The zero-order chi connectivity index (χ0) is 24.1. The fraction of sp³-hybridized carbons (Fsp3) is 0.160. The lowest BCUT2D eigenvalue weighted by Crippen LogP contribution is -2.22. The average molecular weight is 486 g/mol. The number of rotatable bonds is 8. The summed E-state index contributed by atoms with van der Waals surface area (Å²) in [6, 6.07) is 22.8. The van der Waals surface area contributed by atoms with Crippen molar-refractivity contribution < 1.29 is 14.3 Å². The van der Waals surface area contributed by atoms with E-state index in [4.69, 9.17) is 23.2 Å². The number of benzene rings is 3. The third-order valence-electron chi connectivity index (χ3n) is 4.32. The van der Waals surface area contributed by atoms with Crippen molar-refractivity contribution in [3.05, 3.63) is 99.5 Å². The van der Waals surface area contributed by atoms with Crippen molar-refractivity contribution in [2.24, 2.45) is 5.10 Å². The number of amides is 2. The Bertz CT molecular complexity index is 1060. The molecule has 2 amide bonds. The standard InChI is InChI=1S/C22H18Cl2N2O.C3H7NO2/c1-16(27)26(25-15-18-5-3-2-4-6-18)21-12-9-19(22(24)14-21)13-17-7-10-20(23)11-8-17;1-6-3-4-2-5/h2-12,14-15H,13H2,1H3;2H,3H2,1H3,(H,4,5)/b25-15+;. The van der Waals surface area contributed by atoms with Gasteiger partial charge in [-0.3, -0.25) is 9.59 Å². The molecule has 6 nitrogen and oxygen atoms in total. The van der Waals surface area contributed by atoms with Crippen LogP contribution in [-0.4, -0.2) is 32.4 Å². The molecule has 33 heavy (non-hydrogen) atoms. The quantitative estimate of drug-likeness (QED) is 0.154. The minimum atomic E-state index is -0.191. The number of hydrogen-bond donors (Lipinski definition) is 1. The van der Waals surface area contributed by atoms with Gasteiger partial charge in [-0.15, -0.1) is 0 Å². The van der Waals surface area contributed by atoms with Crippen molar-refractivity contribution in [3.63, 3.8) is 0 Å². The molecule has 0 aromatic heterocycles. The average Bonchev–Trinajstić information content (AvgIpc) is 2.82. The summed E-state index contributed by atoms with van der Waals surface area (Å²) in [7, 11) is 1.51. The molecule has 3 aromatic carbocycles. The molecule has 172 valence electrons. The first-order chi connectivity index (χ1) is 15.9. The molecule has 0 saturated carbocycles. The molecule has 0 bridgehead atoms. The summed E-state index contributed by atoms with van der Waals surface area (Å²) in [6.07, 6.45) is 2.92. The van der Waals surface area contributed by atoms with Gasteiger partial charge in [-0.1, -0.05) is 71.7 Å². The number of hydrogen-bond acceptors (Lipinski definition) is 4. The fourth-order valence-electron chi connectivity index (χ4n) is 2.74. The van der Waals surface area contributed by atoms with Crippen molar-refractivity contribution in [3.8, 4) is 0 Å². The molecule has 1 N–H and O–H groups in total. The Hall–Kier alpha value is -3.19. The van der Waals surface area contributed by atoms with Gasteiger partial charge in [-0.05, 0) is 47.4 Å². The zero-order valence-corrected chi connectivity index (χ0v) is 19.9. The second-order valence-corrected chi connectivity index (χ2v) is 7.66. The van der Waals surface area contributed by atoms with E-state index in [1.54, 1.807) is 12.3 Å². The topological polar surface area (TPSA) is 71.0 Å².